The predicted octanol–water partition coefficient (Wildman–Crippen LogP) is 9.16. The highest BCUT2D eigenvalue weighted by Gasteiger charge is 2.48. The number of unbranched alkanes of at least 4 members (excludes halogenated alkanes) is 1. The summed E-state index contributed by atoms with van der Waals surface area (Å²) < 4.78 is 24.0. The predicted molar refractivity (Wildman–Crippen MR) is 188 cm³/mol. The normalized spacial score (nSPS) is 15.5. The smallest absolute Gasteiger partial charge is 0.119 e. The maximum absolute atomic E-state index is 6.16. The maximum atomic E-state index is 6.16. The largest absolute Gasteiger partial charge is 0.491 e. The second-order valence-corrected chi connectivity index (χ2v) is 13.1. The van der Waals surface area contributed by atoms with Crippen LogP contribution >= 0.6 is 0 Å². The highest BCUT2D eigenvalue weighted by atomic mass is 16.5. The van der Waals surface area contributed by atoms with Crippen LogP contribution in [0.5, 0.6) is 11.5 Å². The van der Waals surface area contributed by atoms with Gasteiger partial charge in [0.25, 0.3) is 0 Å². The molecule has 0 radical (unpaired) electrons. The van der Waals surface area contributed by atoms with E-state index in [4.69, 9.17) is 28.9 Å². The number of benzene rings is 4. The summed E-state index contributed by atoms with van der Waals surface area (Å²) in [4.78, 5) is 10.5. The molecule has 1 heterocycles. The van der Waals surface area contributed by atoms with Gasteiger partial charge in [-0.3, -0.25) is 0 Å². The summed E-state index contributed by atoms with van der Waals surface area (Å²) in [6.07, 6.45) is 3.54. The van der Waals surface area contributed by atoms with Gasteiger partial charge in [-0.1, -0.05) is 80.4 Å². The zero-order chi connectivity index (χ0) is 32.9. The fraction of sp³-hybridized carbons (Fsp3) is 0.366. The third-order valence-electron chi connectivity index (χ3n) is 8.87. The molecule has 0 N–H and O–H groups in total. The van der Waals surface area contributed by atoms with Gasteiger partial charge >= 0.3 is 0 Å². The van der Waals surface area contributed by atoms with Gasteiger partial charge in [-0.25, -0.2) is 9.97 Å². The Labute approximate surface area is 279 Å². The molecule has 5 aromatic rings. The van der Waals surface area contributed by atoms with E-state index in [1.54, 1.807) is 0 Å². The van der Waals surface area contributed by atoms with Crippen molar-refractivity contribution in [2.75, 3.05) is 26.4 Å². The van der Waals surface area contributed by atoms with Crippen LogP contribution in [0.3, 0.4) is 0 Å². The molecule has 6 rings (SSSR count). The first-order valence-corrected chi connectivity index (χ1v) is 16.9. The highest BCUT2D eigenvalue weighted by molar-refractivity contribution is 5.87. The number of nitrogens with zero attached hydrogens (tertiary/aromatic N) is 2. The summed E-state index contributed by atoms with van der Waals surface area (Å²) in [5, 5.41) is 0. The second kappa shape index (κ2) is 14.2. The molecular formula is C41H46N2O4. The van der Waals surface area contributed by atoms with E-state index in [-0.39, 0.29) is 11.7 Å². The number of rotatable bonds is 15. The number of hydrogen-bond acceptors (Lipinski definition) is 6. The minimum Gasteiger partial charge on any atom is -0.491 e. The molecule has 0 saturated carbocycles. The molecule has 6 heteroatoms. The first-order valence-electron chi connectivity index (χ1n) is 16.9. The van der Waals surface area contributed by atoms with Crippen molar-refractivity contribution >= 4 is 11.0 Å². The lowest BCUT2D eigenvalue weighted by Gasteiger charge is -2.32. The Balaban J connectivity index is 1.36. The Hall–Kier alpha value is -4.26. The Morgan fingerprint density at radius 3 is 1.87 bits per heavy atom. The summed E-state index contributed by atoms with van der Waals surface area (Å²) in [5.41, 5.74) is 7.19. The van der Waals surface area contributed by atoms with E-state index in [1.165, 1.54) is 6.42 Å². The molecule has 244 valence electrons. The van der Waals surface area contributed by atoms with Gasteiger partial charge < -0.3 is 18.9 Å². The lowest BCUT2D eigenvalue weighted by molar-refractivity contribution is -0.0360. The van der Waals surface area contributed by atoms with Crippen LogP contribution in [0.25, 0.3) is 22.3 Å². The summed E-state index contributed by atoms with van der Waals surface area (Å²) in [5.74, 6) is 1.61. The van der Waals surface area contributed by atoms with Gasteiger partial charge in [0.1, 0.15) is 24.7 Å². The van der Waals surface area contributed by atoms with E-state index in [1.807, 2.05) is 50.2 Å². The average Bonchev–Trinajstić information content (AvgIpc) is 3.37. The van der Waals surface area contributed by atoms with Gasteiger partial charge in [-0.05, 0) is 87.2 Å². The molecule has 1 aromatic heterocycles. The van der Waals surface area contributed by atoms with E-state index >= 15 is 0 Å². The summed E-state index contributed by atoms with van der Waals surface area (Å²) in [6.45, 7) is 12.7. The van der Waals surface area contributed by atoms with Crippen LogP contribution in [0, 0.1) is 0 Å². The van der Waals surface area contributed by atoms with Gasteiger partial charge in [0.15, 0.2) is 0 Å². The van der Waals surface area contributed by atoms with Gasteiger partial charge in [0.05, 0.1) is 52.8 Å². The van der Waals surface area contributed by atoms with Crippen LogP contribution in [0.15, 0.2) is 97.1 Å². The molecule has 0 saturated heterocycles. The summed E-state index contributed by atoms with van der Waals surface area (Å²) >= 11 is 0. The van der Waals surface area contributed by atoms with Crippen LogP contribution < -0.4 is 9.47 Å². The first kappa shape index (κ1) is 32.7. The Morgan fingerprint density at radius 2 is 1.26 bits per heavy atom. The number of aromatic nitrogens is 2. The molecule has 0 spiro atoms. The first-order chi connectivity index (χ1) is 22.8. The zero-order valence-corrected chi connectivity index (χ0v) is 28.3. The molecule has 1 atom stereocenters. The molecule has 0 bridgehead atoms. The lowest BCUT2D eigenvalue weighted by atomic mass is 9.69. The van der Waals surface area contributed by atoms with Crippen molar-refractivity contribution in [3.05, 3.63) is 119 Å². The van der Waals surface area contributed by atoms with Crippen LogP contribution in [0.1, 0.15) is 76.3 Å². The monoisotopic (exact) mass is 630 g/mol. The van der Waals surface area contributed by atoms with Crippen LogP contribution in [-0.2, 0) is 14.9 Å². The minimum absolute atomic E-state index is 0.146. The molecule has 0 amide bonds. The van der Waals surface area contributed by atoms with Crippen molar-refractivity contribution in [1.82, 2.24) is 9.97 Å². The number of hydrogen-bond donors (Lipinski definition) is 0. The van der Waals surface area contributed by atoms with E-state index < -0.39 is 5.41 Å². The Morgan fingerprint density at radius 1 is 0.681 bits per heavy atom. The lowest BCUT2D eigenvalue weighted by Crippen LogP contribution is -2.29. The second-order valence-electron chi connectivity index (χ2n) is 13.1. The fourth-order valence-electron chi connectivity index (χ4n) is 6.54. The molecule has 1 aliphatic carbocycles. The quantitative estimate of drug-likeness (QED) is 0.105. The zero-order valence-electron chi connectivity index (χ0n) is 28.3. The topological polar surface area (TPSA) is 62.7 Å². The van der Waals surface area contributed by atoms with E-state index in [0.29, 0.717) is 26.4 Å². The van der Waals surface area contributed by atoms with Gasteiger partial charge in [0, 0.05) is 5.56 Å². The molecule has 0 fully saturated rings. The van der Waals surface area contributed by atoms with Gasteiger partial charge in [-0.2, -0.15) is 0 Å². The van der Waals surface area contributed by atoms with Crippen molar-refractivity contribution in [2.45, 2.75) is 71.0 Å². The summed E-state index contributed by atoms with van der Waals surface area (Å²) in [7, 11) is 0. The third-order valence-corrected chi connectivity index (χ3v) is 8.87. The SMILES string of the molecule is CCCCC(C)(C)OCCOc1ccc(C2(c3ccc(OCCOC(C)C)cc3)c3ccccc3-c3nc4ccccc4nc32)cc1. The average molecular weight is 631 g/mol. The maximum Gasteiger partial charge on any atom is 0.119 e. The molecule has 4 aromatic carbocycles. The standard InChI is InChI=1S/C41H46N2O4/c1-6-7-24-40(4,5)47-28-27-46-33-22-18-31(19-23-33)41(30-16-20-32(21-17-30)45-26-25-44-29(2)3)35-13-9-8-12-34(35)38-39(41)43-37-15-11-10-14-36(37)42-38/h8-23,29H,6-7,24-28H2,1-5H3. The molecule has 6 nitrogen and oxygen atoms in total. The summed E-state index contributed by atoms with van der Waals surface area (Å²) in [6, 6.07) is 33.5. The van der Waals surface area contributed by atoms with Crippen molar-refractivity contribution in [1.29, 1.82) is 0 Å². The van der Waals surface area contributed by atoms with E-state index in [2.05, 4.69) is 81.4 Å². The molecule has 47 heavy (non-hydrogen) atoms. The van der Waals surface area contributed by atoms with Crippen molar-refractivity contribution in [2.24, 2.45) is 0 Å². The number of para-hydroxylation sites is 2. The van der Waals surface area contributed by atoms with Crippen molar-refractivity contribution in [3.63, 3.8) is 0 Å². The van der Waals surface area contributed by atoms with E-state index in [9.17, 15) is 0 Å². The van der Waals surface area contributed by atoms with Gasteiger partial charge in [-0.15, -0.1) is 0 Å². The van der Waals surface area contributed by atoms with Crippen molar-refractivity contribution in [3.8, 4) is 22.8 Å². The number of ether oxygens (including phenoxy) is 4. The molecular weight excluding hydrogens is 584 g/mol. The van der Waals surface area contributed by atoms with Crippen molar-refractivity contribution < 1.29 is 18.9 Å². The third kappa shape index (κ3) is 6.90. The van der Waals surface area contributed by atoms with Crippen LogP contribution in [0.4, 0.5) is 0 Å². The highest BCUT2D eigenvalue weighted by Crippen LogP contribution is 2.55. The fourth-order valence-corrected chi connectivity index (χ4v) is 6.54. The van der Waals surface area contributed by atoms with E-state index in [0.717, 1.165) is 69.0 Å². The molecule has 1 aliphatic rings. The Bertz CT molecular complexity index is 1780. The molecule has 1 unspecified atom stereocenters. The van der Waals surface area contributed by atoms with Gasteiger partial charge in [0.2, 0.25) is 0 Å². The van der Waals surface area contributed by atoms with Crippen LogP contribution in [0.2, 0.25) is 0 Å². The Kier molecular flexibility index (Phi) is 9.90. The number of fused-ring (bicyclic) bond motifs is 4. The minimum atomic E-state index is -0.687. The molecule has 0 aliphatic heterocycles. The van der Waals surface area contributed by atoms with Crippen LogP contribution in [-0.4, -0.2) is 48.1 Å².